The number of piperazine rings is 1. The van der Waals surface area contributed by atoms with Gasteiger partial charge in [0, 0.05) is 62.4 Å². The molecule has 1 saturated heterocycles. The van der Waals surface area contributed by atoms with Crippen LogP contribution >= 0.6 is 0 Å². The molecule has 0 atom stereocenters. The van der Waals surface area contributed by atoms with Crippen LogP contribution in [-0.2, 0) is 0 Å². The third-order valence-corrected chi connectivity index (χ3v) is 6.16. The third kappa shape index (κ3) is 4.68. The molecule has 1 fully saturated rings. The fraction of sp³-hybridized carbons (Fsp3) is 0.222. The van der Waals surface area contributed by atoms with Crippen LogP contribution in [0.1, 0.15) is 6.92 Å². The van der Waals surface area contributed by atoms with Gasteiger partial charge in [-0.15, -0.1) is 0 Å². The van der Waals surface area contributed by atoms with Gasteiger partial charge >= 0.3 is 6.03 Å². The van der Waals surface area contributed by atoms with Crippen molar-refractivity contribution in [2.24, 2.45) is 0 Å². The molecule has 0 spiro atoms. The number of carbonyl (C=O) groups is 1. The molecule has 0 bridgehead atoms. The number of benzene rings is 2. The molecular formula is C27H28N6O2. The van der Waals surface area contributed by atoms with Crippen molar-refractivity contribution in [3.63, 3.8) is 0 Å². The number of amides is 2. The normalized spacial score (nSPS) is 13.6. The molecule has 178 valence electrons. The molecule has 35 heavy (non-hydrogen) atoms. The molecular weight excluding hydrogens is 440 g/mol. The van der Waals surface area contributed by atoms with Gasteiger partial charge in [-0.05, 0) is 31.2 Å². The van der Waals surface area contributed by atoms with Gasteiger partial charge in [-0.3, -0.25) is 9.36 Å². The summed E-state index contributed by atoms with van der Waals surface area (Å²) in [5.41, 5.74) is 2.52. The number of rotatable bonds is 5. The number of carbonyl (C=O) groups excluding carboxylic acids is 1. The SMILES string of the molecule is CCNC(=O)N1CCN(c2cc3c(cn2)c(=O)cc(Nc2ccccc2)n3-c2ccccc2)CC1. The van der Waals surface area contributed by atoms with Gasteiger partial charge in [-0.2, -0.15) is 0 Å². The molecule has 1 aliphatic rings. The van der Waals surface area contributed by atoms with E-state index in [4.69, 9.17) is 0 Å². The Morgan fingerprint density at radius 3 is 2.31 bits per heavy atom. The summed E-state index contributed by atoms with van der Waals surface area (Å²) in [4.78, 5) is 33.9. The number of para-hydroxylation sites is 2. The van der Waals surface area contributed by atoms with E-state index in [1.165, 1.54) is 0 Å². The summed E-state index contributed by atoms with van der Waals surface area (Å²) in [7, 11) is 0. The van der Waals surface area contributed by atoms with E-state index in [0.29, 0.717) is 43.9 Å². The lowest BCUT2D eigenvalue weighted by atomic mass is 10.2. The minimum absolute atomic E-state index is 0.0341. The van der Waals surface area contributed by atoms with Crippen molar-refractivity contribution in [2.75, 3.05) is 42.9 Å². The Labute approximate surface area is 203 Å². The average molecular weight is 469 g/mol. The second-order valence-corrected chi connectivity index (χ2v) is 8.43. The number of nitrogens with one attached hydrogen (secondary N) is 2. The first-order chi connectivity index (χ1) is 17.1. The second-order valence-electron chi connectivity index (χ2n) is 8.43. The monoisotopic (exact) mass is 468 g/mol. The topological polar surface area (TPSA) is 82.5 Å². The summed E-state index contributed by atoms with van der Waals surface area (Å²) >= 11 is 0. The number of urea groups is 1. The number of aromatic nitrogens is 2. The molecule has 1 aliphatic heterocycles. The molecule has 2 aromatic carbocycles. The van der Waals surface area contributed by atoms with E-state index in [0.717, 1.165) is 22.7 Å². The average Bonchev–Trinajstić information content (AvgIpc) is 2.90. The minimum Gasteiger partial charge on any atom is -0.353 e. The van der Waals surface area contributed by atoms with E-state index in [-0.39, 0.29) is 11.5 Å². The highest BCUT2D eigenvalue weighted by atomic mass is 16.2. The Kier molecular flexibility index (Phi) is 6.34. The highest BCUT2D eigenvalue weighted by Crippen LogP contribution is 2.27. The number of hydrogen-bond acceptors (Lipinski definition) is 5. The summed E-state index contributed by atoms with van der Waals surface area (Å²) in [5.74, 6) is 1.46. The Hall–Kier alpha value is -4.33. The smallest absolute Gasteiger partial charge is 0.317 e. The van der Waals surface area contributed by atoms with Gasteiger partial charge in [0.1, 0.15) is 11.6 Å². The number of pyridine rings is 2. The summed E-state index contributed by atoms with van der Waals surface area (Å²) in [6.45, 7) is 5.11. The maximum absolute atomic E-state index is 13.1. The van der Waals surface area contributed by atoms with Crippen LogP contribution in [0.2, 0.25) is 0 Å². The molecule has 8 nitrogen and oxygen atoms in total. The maximum Gasteiger partial charge on any atom is 0.317 e. The van der Waals surface area contributed by atoms with Crippen LogP contribution in [0.3, 0.4) is 0 Å². The van der Waals surface area contributed by atoms with Crippen LogP contribution in [-0.4, -0.2) is 53.2 Å². The fourth-order valence-electron chi connectivity index (χ4n) is 4.40. The second kappa shape index (κ2) is 9.89. The van der Waals surface area contributed by atoms with Crippen molar-refractivity contribution in [3.05, 3.63) is 89.2 Å². The molecule has 3 heterocycles. The third-order valence-electron chi connectivity index (χ3n) is 6.16. The summed E-state index contributed by atoms with van der Waals surface area (Å²) in [6.07, 6.45) is 1.66. The van der Waals surface area contributed by atoms with Crippen molar-refractivity contribution < 1.29 is 4.79 Å². The van der Waals surface area contributed by atoms with Gasteiger partial charge in [0.25, 0.3) is 0 Å². The van der Waals surface area contributed by atoms with Gasteiger partial charge < -0.3 is 20.4 Å². The Morgan fingerprint density at radius 2 is 1.63 bits per heavy atom. The number of anilines is 3. The molecule has 5 rings (SSSR count). The van der Waals surface area contributed by atoms with Gasteiger partial charge in [0.15, 0.2) is 5.43 Å². The lowest BCUT2D eigenvalue weighted by molar-refractivity contribution is 0.195. The summed E-state index contributed by atoms with van der Waals surface area (Å²) in [5, 5.41) is 6.82. The molecule has 8 heteroatoms. The number of nitrogens with zero attached hydrogens (tertiary/aromatic N) is 4. The first-order valence-corrected chi connectivity index (χ1v) is 11.8. The van der Waals surface area contributed by atoms with Gasteiger partial charge in [-0.1, -0.05) is 36.4 Å². The van der Waals surface area contributed by atoms with Crippen LogP contribution in [0.25, 0.3) is 16.6 Å². The lowest BCUT2D eigenvalue weighted by Crippen LogP contribution is -2.52. The van der Waals surface area contributed by atoms with Crippen molar-refractivity contribution in [2.45, 2.75) is 6.92 Å². The zero-order valence-corrected chi connectivity index (χ0v) is 19.6. The van der Waals surface area contributed by atoms with Crippen molar-refractivity contribution >= 4 is 34.3 Å². The number of fused-ring (bicyclic) bond motifs is 1. The van der Waals surface area contributed by atoms with Crippen LogP contribution in [0.4, 0.5) is 22.1 Å². The van der Waals surface area contributed by atoms with Crippen LogP contribution < -0.4 is 21.0 Å². The van der Waals surface area contributed by atoms with E-state index in [2.05, 4.69) is 25.1 Å². The molecule has 2 amide bonds. The highest BCUT2D eigenvalue weighted by molar-refractivity contribution is 5.85. The van der Waals surface area contributed by atoms with Gasteiger partial charge in [0.05, 0.1) is 10.9 Å². The fourth-order valence-corrected chi connectivity index (χ4v) is 4.40. The molecule has 2 aromatic heterocycles. The molecule has 0 radical (unpaired) electrons. The van der Waals surface area contributed by atoms with Crippen LogP contribution in [0.5, 0.6) is 0 Å². The van der Waals surface area contributed by atoms with E-state index >= 15 is 0 Å². The van der Waals surface area contributed by atoms with Crippen molar-refractivity contribution in [1.29, 1.82) is 0 Å². The predicted molar refractivity (Wildman–Crippen MR) is 140 cm³/mol. The Balaban J connectivity index is 1.56. The van der Waals surface area contributed by atoms with E-state index in [1.54, 1.807) is 12.3 Å². The molecule has 0 saturated carbocycles. The largest absolute Gasteiger partial charge is 0.353 e. The van der Waals surface area contributed by atoms with Crippen LogP contribution in [0.15, 0.2) is 83.8 Å². The van der Waals surface area contributed by atoms with E-state index in [9.17, 15) is 9.59 Å². The Bertz CT molecular complexity index is 1380. The van der Waals surface area contributed by atoms with E-state index < -0.39 is 0 Å². The first kappa shape index (κ1) is 22.5. The van der Waals surface area contributed by atoms with Gasteiger partial charge in [0.2, 0.25) is 0 Å². The highest BCUT2D eigenvalue weighted by Gasteiger charge is 2.22. The maximum atomic E-state index is 13.1. The predicted octanol–water partition coefficient (Wildman–Crippen LogP) is 3.98. The van der Waals surface area contributed by atoms with Crippen LogP contribution in [0, 0.1) is 0 Å². The first-order valence-electron chi connectivity index (χ1n) is 11.8. The Morgan fingerprint density at radius 1 is 0.943 bits per heavy atom. The summed E-state index contributed by atoms with van der Waals surface area (Å²) < 4.78 is 2.06. The standard InChI is InChI=1S/C27H28N6O2/c1-2-28-27(35)32-15-13-31(14-16-32)25-17-23-22(19-29-25)24(34)18-26(30-20-9-5-3-6-10-20)33(23)21-11-7-4-8-12-21/h3-12,17-19,30H,2,13-16H2,1H3,(H,28,35). The quantitative estimate of drug-likeness (QED) is 0.463. The molecule has 0 aliphatic carbocycles. The lowest BCUT2D eigenvalue weighted by Gasteiger charge is -2.35. The molecule has 4 aromatic rings. The zero-order chi connectivity index (χ0) is 24.2. The van der Waals surface area contributed by atoms with Crippen molar-refractivity contribution in [1.82, 2.24) is 19.8 Å². The zero-order valence-electron chi connectivity index (χ0n) is 19.6. The molecule has 0 unspecified atom stereocenters. The van der Waals surface area contributed by atoms with Gasteiger partial charge in [-0.25, -0.2) is 9.78 Å². The molecule has 2 N–H and O–H groups in total. The number of hydrogen-bond donors (Lipinski definition) is 2. The minimum atomic E-state index is -0.0919. The van der Waals surface area contributed by atoms with E-state index in [1.807, 2.05) is 78.6 Å². The van der Waals surface area contributed by atoms with Crippen molar-refractivity contribution in [3.8, 4) is 5.69 Å². The summed E-state index contributed by atoms with van der Waals surface area (Å²) in [6, 6.07) is 23.3.